The van der Waals surface area contributed by atoms with E-state index in [0.717, 1.165) is 35.2 Å². The largest absolute Gasteiger partial charge is 0.391 e. The highest BCUT2D eigenvalue weighted by molar-refractivity contribution is 7.15. The highest BCUT2D eigenvalue weighted by atomic mass is 32.1. The molecule has 5 heteroatoms. The second kappa shape index (κ2) is 7.07. The van der Waals surface area contributed by atoms with Crippen molar-refractivity contribution in [1.82, 2.24) is 9.88 Å². The van der Waals surface area contributed by atoms with Crippen molar-refractivity contribution in [1.29, 1.82) is 0 Å². The maximum Gasteiger partial charge on any atom is 0.186 e. The summed E-state index contributed by atoms with van der Waals surface area (Å²) in [6.45, 7) is 8.49. The van der Waals surface area contributed by atoms with Crippen LogP contribution in [0.25, 0.3) is 0 Å². The van der Waals surface area contributed by atoms with Gasteiger partial charge in [-0.3, -0.25) is 0 Å². The van der Waals surface area contributed by atoms with Crippen molar-refractivity contribution in [2.75, 3.05) is 32.1 Å². The van der Waals surface area contributed by atoms with Gasteiger partial charge in [-0.25, -0.2) is 4.98 Å². The first-order valence-electron chi connectivity index (χ1n) is 6.54. The molecule has 1 atom stereocenters. The molecule has 0 saturated heterocycles. The maximum atomic E-state index is 9.35. The van der Waals surface area contributed by atoms with E-state index in [4.69, 9.17) is 0 Å². The number of anilines is 1. The lowest BCUT2D eigenvalue weighted by atomic mass is 10.3. The molecule has 1 rings (SSSR count). The average Bonchev–Trinajstić information content (AvgIpc) is 2.72. The molecule has 1 aromatic rings. The van der Waals surface area contributed by atoms with Gasteiger partial charge in [-0.15, -0.1) is 0 Å². The van der Waals surface area contributed by atoms with E-state index in [9.17, 15) is 5.11 Å². The highest BCUT2D eigenvalue weighted by Gasteiger charge is 2.19. The van der Waals surface area contributed by atoms with E-state index in [1.165, 1.54) is 0 Å². The minimum Gasteiger partial charge on any atom is -0.391 e. The zero-order valence-corrected chi connectivity index (χ0v) is 12.9. The molecule has 1 N–H and O–H groups in total. The van der Waals surface area contributed by atoms with Crippen LogP contribution in [0, 0.1) is 0 Å². The Kier molecular flexibility index (Phi) is 6.05. The first-order chi connectivity index (χ1) is 8.53. The molecule has 0 saturated carbocycles. The van der Waals surface area contributed by atoms with Crippen molar-refractivity contribution in [3.8, 4) is 0 Å². The molecule has 0 spiro atoms. The van der Waals surface area contributed by atoms with Gasteiger partial charge in [-0.2, -0.15) is 0 Å². The Morgan fingerprint density at radius 3 is 2.39 bits per heavy atom. The molecule has 0 fully saturated rings. The summed E-state index contributed by atoms with van der Waals surface area (Å²) >= 11 is 1.62. The summed E-state index contributed by atoms with van der Waals surface area (Å²) in [4.78, 5) is 10.2. The number of nitrogens with zero attached hydrogens (tertiary/aromatic N) is 3. The zero-order chi connectivity index (χ0) is 13.7. The average molecular weight is 271 g/mol. The minimum atomic E-state index is 0.0977. The van der Waals surface area contributed by atoms with Gasteiger partial charge in [0.05, 0.1) is 17.2 Å². The number of aromatic nitrogens is 1. The van der Waals surface area contributed by atoms with Gasteiger partial charge in [0.1, 0.15) is 0 Å². The Labute approximate surface area is 114 Å². The number of aliphatic hydroxyl groups is 1. The quantitative estimate of drug-likeness (QED) is 0.823. The van der Waals surface area contributed by atoms with E-state index < -0.39 is 0 Å². The first-order valence-corrected chi connectivity index (χ1v) is 7.35. The van der Waals surface area contributed by atoms with Crippen LogP contribution in [0.15, 0.2) is 0 Å². The minimum absolute atomic E-state index is 0.0977. The van der Waals surface area contributed by atoms with Crippen LogP contribution in [0.4, 0.5) is 5.13 Å². The van der Waals surface area contributed by atoms with Crippen LogP contribution < -0.4 is 4.90 Å². The fourth-order valence-corrected chi connectivity index (χ4v) is 3.33. The van der Waals surface area contributed by atoms with Gasteiger partial charge in [0.2, 0.25) is 0 Å². The van der Waals surface area contributed by atoms with Crippen LogP contribution in [-0.4, -0.2) is 48.2 Å². The number of aliphatic hydroxyl groups excluding tert-OH is 1. The molecule has 1 unspecified atom stereocenters. The van der Waals surface area contributed by atoms with Gasteiger partial charge in [0, 0.05) is 19.1 Å². The van der Waals surface area contributed by atoms with Gasteiger partial charge < -0.3 is 14.9 Å². The van der Waals surface area contributed by atoms with Crippen molar-refractivity contribution >= 4 is 16.5 Å². The van der Waals surface area contributed by atoms with E-state index in [1.807, 2.05) is 0 Å². The van der Waals surface area contributed by atoms with Gasteiger partial charge >= 0.3 is 0 Å². The van der Waals surface area contributed by atoms with Gasteiger partial charge in [0.15, 0.2) is 5.13 Å². The number of rotatable bonds is 7. The third kappa shape index (κ3) is 3.67. The summed E-state index contributed by atoms with van der Waals surface area (Å²) in [5.41, 5.74) is 1.04. The van der Waals surface area contributed by atoms with Crippen molar-refractivity contribution < 1.29 is 5.11 Å². The van der Waals surface area contributed by atoms with E-state index in [-0.39, 0.29) is 6.61 Å². The maximum absolute atomic E-state index is 9.35. The Balaban J connectivity index is 2.90. The molecule has 0 aliphatic carbocycles. The first kappa shape index (κ1) is 15.4. The molecule has 1 heterocycles. The van der Waals surface area contributed by atoms with Crippen LogP contribution in [-0.2, 0) is 13.0 Å². The van der Waals surface area contributed by atoms with E-state index in [2.05, 4.69) is 49.7 Å². The Morgan fingerprint density at radius 1 is 1.33 bits per heavy atom. The summed E-state index contributed by atoms with van der Waals surface area (Å²) in [7, 11) is 4.17. The number of hydrogen-bond acceptors (Lipinski definition) is 5. The summed E-state index contributed by atoms with van der Waals surface area (Å²) in [5, 5.41) is 10.4. The second-order valence-electron chi connectivity index (χ2n) is 4.78. The summed E-state index contributed by atoms with van der Waals surface area (Å²) < 4.78 is 0. The van der Waals surface area contributed by atoms with E-state index in [0.29, 0.717) is 6.04 Å². The van der Waals surface area contributed by atoms with Crippen LogP contribution in [0.1, 0.15) is 31.3 Å². The molecule has 0 aromatic carbocycles. The Bertz CT molecular complexity index is 344. The number of hydrogen-bond donors (Lipinski definition) is 1. The molecular weight excluding hydrogens is 246 g/mol. The molecule has 0 bridgehead atoms. The molecular formula is C13H25N3OS. The molecule has 104 valence electrons. The van der Waals surface area contributed by atoms with Crippen molar-refractivity contribution in [2.24, 2.45) is 0 Å². The second-order valence-corrected chi connectivity index (χ2v) is 5.84. The normalized spacial score (nSPS) is 13.1. The smallest absolute Gasteiger partial charge is 0.186 e. The SMILES string of the molecule is CCc1nc(N(CC)C(C)CN(C)C)sc1CO. The van der Waals surface area contributed by atoms with Gasteiger partial charge in [-0.1, -0.05) is 18.3 Å². The molecule has 18 heavy (non-hydrogen) atoms. The molecule has 1 aromatic heterocycles. The predicted molar refractivity (Wildman–Crippen MR) is 78.5 cm³/mol. The summed E-state index contributed by atoms with van der Waals surface area (Å²) in [6.07, 6.45) is 0.881. The van der Waals surface area contributed by atoms with E-state index in [1.54, 1.807) is 11.3 Å². The molecule has 4 nitrogen and oxygen atoms in total. The topological polar surface area (TPSA) is 39.6 Å². The van der Waals surface area contributed by atoms with Crippen LogP contribution in [0.3, 0.4) is 0 Å². The Hall–Kier alpha value is -0.650. The standard InChI is InChI=1S/C13H25N3OS/c1-6-11-12(9-17)18-13(14-11)16(7-2)10(3)8-15(4)5/h10,17H,6-9H2,1-5H3. The third-order valence-electron chi connectivity index (χ3n) is 2.99. The summed E-state index contributed by atoms with van der Waals surface area (Å²) in [6, 6.07) is 0.424. The van der Waals surface area contributed by atoms with E-state index >= 15 is 0 Å². The summed E-state index contributed by atoms with van der Waals surface area (Å²) in [5.74, 6) is 0. The lowest BCUT2D eigenvalue weighted by Crippen LogP contribution is -2.40. The number of thiazole rings is 1. The molecule has 0 radical (unpaired) electrons. The highest BCUT2D eigenvalue weighted by Crippen LogP contribution is 2.28. The van der Waals surface area contributed by atoms with Gasteiger partial charge in [-0.05, 0) is 34.4 Å². The fraction of sp³-hybridized carbons (Fsp3) is 0.769. The van der Waals surface area contributed by atoms with Crippen LogP contribution >= 0.6 is 11.3 Å². The van der Waals surface area contributed by atoms with Crippen LogP contribution in [0.2, 0.25) is 0 Å². The lowest BCUT2D eigenvalue weighted by Gasteiger charge is -2.29. The van der Waals surface area contributed by atoms with Crippen LogP contribution in [0.5, 0.6) is 0 Å². The van der Waals surface area contributed by atoms with Gasteiger partial charge in [0.25, 0.3) is 0 Å². The lowest BCUT2D eigenvalue weighted by molar-refractivity contribution is 0.284. The van der Waals surface area contributed by atoms with Crippen molar-refractivity contribution in [3.63, 3.8) is 0 Å². The van der Waals surface area contributed by atoms with Crippen molar-refractivity contribution in [3.05, 3.63) is 10.6 Å². The predicted octanol–water partition coefficient (Wildman–Crippen LogP) is 1.97. The number of aryl methyl sites for hydroxylation is 1. The fourth-order valence-electron chi connectivity index (χ4n) is 2.15. The molecule has 0 aliphatic rings. The number of likely N-dealkylation sites (N-methyl/N-ethyl adjacent to an activating group) is 2. The molecule has 0 amide bonds. The van der Waals surface area contributed by atoms with Crippen molar-refractivity contribution in [2.45, 2.75) is 39.8 Å². The third-order valence-corrected chi connectivity index (χ3v) is 4.11. The monoisotopic (exact) mass is 271 g/mol. The molecule has 0 aliphatic heterocycles. The Morgan fingerprint density at radius 2 is 2.00 bits per heavy atom. The zero-order valence-electron chi connectivity index (χ0n) is 12.1.